The van der Waals surface area contributed by atoms with E-state index >= 15 is 0 Å². The van der Waals surface area contributed by atoms with E-state index in [1.54, 1.807) is 6.07 Å². The first-order chi connectivity index (χ1) is 6.56. The van der Waals surface area contributed by atoms with Crippen LogP contribution in [0.3, 0.4) is 0 Å². The van der Waals surface area contributed by atoms with Crippen molar-refractivity contribution >= 4 is 15.9 Å². The van der Waals surface area contributed by atoms with E-state index < -0.39 is 5.82 Å². The van der Waals surface area contributed by atoms with Gasteiger partial charge in [-0.1, -0.05) is 29.3 Å². The second-order valence-electron chi connectivity index (χ2n) is 3.22. The molecule has 4 heteroatoms. The molecule has 1 aromatic rings. The predicted octanol–water partition coefficient (Wildman–Crippen LogP) is 3.09. The zero-order valence-electron chi connectivity index (χ0n) is 7.93. The summed E-state index contributed by atoms with van der Waals surface area (Å²) in [6.45, 7) is 1.99. The van der Waals surface area contributed by atoms with Crippen LogP contribution in [0.25, 0.3) is 0 Å². The number of hydrogen-bond donors (Lipinski definition) is 2. The number of benzene rings is 1. The van der Waals surface area contributed by atoms with E-state index in [1.165, 1.54) is 6.07 Å². The van der Waals surface area contributed by atoms with Crippen molar-refractivity contribution in [3.63, 3.8) is 0 Å². The maximum atomic E-state index is 13.1. The number of nitrogens with two attached hydrogens (primary N) is 1. The molecule has 78 valence electrons. The van der Waals surface area contributed by atoms with Crippen molar-refractivity contribution in [1.82, 2.24) is 0 Å². The molecule has 0 aromatic heterocycles. The monoisotopic (exact) mass is 261 g/mol. The highest BCUT2D eigenvalue weighted by atomic mass is 79.9. The molecule has 0 bridgehead atoms. The van der Waals surface area contributed by atoms with Crippen molar-refractivity contribution in [3.8, 4) is 5.75 Å². The Morgan fingerprint density at radius 2 is 2.21 bits per heavy atom. The average molecular weight is 262 g/mol. The highest BCUT2D eigenvalue weighted by molar-refractivity contribution is 9.10. The molecule has 0 heterocycles. The number of hydrogen-bond acceptors (Lipinski definition) is 2. The van der Waals surface area contributed by atoms with Gasteiger partial charge in [0, 0.05) is 16.1 Å². The van der Waals surface area contributed by atoms with Gasteiger partial charge in [-0.3, -0.25) is 0 Å². The molecule has 0 aliphatic carbocycles. The molecule has 0 amide bonds. The SMILES string of the molecule is CCCC(N)c1cc(Br)cc(F)c1O. The van der Waals surface area contributed by atoms with Crippen LogP contribution in [0.4, 0.5) is 4.39 Å². The minimum absolute atomic E-state index is 0.313. The quantitative estimate of drug-likeness (QED) is 0.879. The Morgan fingerprint density at radius 3 is 2.79 bits per heavy atom. The van der Waals surface area contributed by atoms with Crippen LogP contribution < -0.4 is 5.73 Å². The summed E-state index contributed by atoms with van der Waals surface area (Å²) in [5.74, 6) is -0.977. The van der Waals surface area contributed by atoms with Gasteiger partial charge in [0.2, 0.25) is 0 Å². The number of aromatic hydroxyl groups is 1. The van der Waals surface area contributed by atoms with E-state index in [0.29, 0.717) is 10.0 Å². The molecule has 0 saturated carbocycles. The highest BCUT2D eigenvalue weighted by Crippen LogP contribution is 2.31. The van der Waals surface area contributed by atoms with E-state index in [9.17, 15) is 9.50 Å². The smallest absolute Gasteiger partial charge is 0.166 e. The largest absolute Gasteiger partial charge is 0.505 e. The fourth-order valence-corrected chi connectivity index (χ4v) is 1.78. The van der Waals surface area contributed by atoms with Crippen molar-refractivity contribution in [2.75, 3.05) is 0 Å². The first kappa shape index (κ1) is 11.5. The van der Waals surface area contributed by atoms with Crippen LogP contribution in [0.5, 0.6) is 5.75 Å². The van der Waals surface area contributed by atoms with Crippen LogP contribution in [0.15, 0.2) is 16.6 Å². The molecule has 1 aromatic carbocycles. The number of halogens is 2. The molecular formula is C10H13BrFNO. The summed E-state index contributed by atoms with van der Waals surface area (Å²) in [4.78, 5) is 0. The Morgan fingerprint density at radius 1 is 1.57 bits per heavy atom. The summed E-state index contributed by atoms with van der Waals surface area (Å²) in [5, 5.41) is 9.44. The van der Waals surface area contributed by atoms with Gasteiger partial charge in [0.15, 0.2) is 11.6 Å². The lowest BCUT2D eigenvalue weighted by Gasteiger charge is -2.13. The van der Waals surface area contributed by atoms with Gasteiger partial charge < -0.3 is 10.8 Å². The van der Waals surface area contributed by atoms with Gasteiger partial charge in [0.25, 0.3) is 0 Å². The zero-order chi connectivity index (χ0) is 10.7. The van der Waals surface area contributed by atoms with Gasteiger partial charge in [-0.05, 0) is 18.6 Å². The summed E-state index contributed by atoms with van der Waals surface area (Å²) in [7, 11) is 0. The zero-order valence-corrected chi connectivity index (χ0v) is 9.51. The first-order valence-electron chi connectivity index (χ1n) is 4.49. The van der Waals surface area contributed by atoms with Gasteiger partial charge in [-0.15, -0.1) is 0 Å². The van der Waals surface area contributed by atoms with Gasteiger partial charge in [0.05, 0.1) is 0 Å². The number of phenols is 1. The van der Waals surface area contributed by atoms with Crippen LogP contribution in [-0.4, -0.2) is 5.11 Å². The summed E-state index contributed by atoms with van der Waals surface area (Å²) >= 11 is 3.16. The molecule has 0 fully saturated rings. The lowest BCUT2D eigenvalue weighted by Crippen LogP contribution is -2.10. The van der Waals surface area contributed by atoms with Crippen LogP contribution >= 0.6 is 15.9 Å². The second-order valence-corrected chi connectivity index (χ2v) is 4.14. The molecule has 0 radical (unpaired) electrons. The van der Waals surface area contributed by atoms with Crippen LogP contribution in [0, 0.1) is 5.82 Å². The second kappa shape index (κ2) is 4.75. The lowest BCUT2D eigenvalue weighted by molar-refractivity contribution is 0.418. The maximum Gasteiger partial charge on any atom is 0.166 e. The first-order valence-corrected chi connectivity index (χ1v) is 5.29. The van der Waals surface area contributed by atoms with Crippen molar-refractivity contribution < 1.29 is 9.50 Å². The van der Waals surface area contributed by atoms with Crippen LogP contribution in [0.1, 0.15) is 31.4 Å². The molecule has 2 nitrogen and oxygen atoms in total. The Bertz CT molecular complexity index is 330. The summed E-state index contributed by atoms with van der Waals surface area (Å²) in [6, 6.07) is 2.56. The molecule has 1 atom stereocenters. The van der Waals surface area contributed by atoms with Crippen molar-refractivity contribution in [1.29, 1.82) is 0 Å². The molecule has 14 heavy (non-hydrogen) atoms. The average Bonchev–Trinajstić information content (AvgIpc) is 2.11. The molecule has 0 saturated heterocycles. The molecule has 3 N–H and O–H groups in total. The third-order valence-corrected chi connectivity index (χ3v) is 2.51. The lowest BCUT2D eigenvalue weighted by atomic mass is 10.0. The van der Waals surface area contributed by atoms with E-state index in [2.05, 4.69) is 15.9 Å². The summed E-state index contributed by atoms with van der Waals surface area (Å²) in [6.07, 6.45) is 1.62. The minimum atomic E-state index is -0.638. The van der Waals surface area contributed by atoms with E-state index in [1.807, 2.05) is 6.92 Å². The topological polar surface area (TPSA) is 46.2 Å². The minimum Gasteiger partial charge on any atom is -0.505 e. The molecule has 1 rings (SSSR count). The maximum absolute atomic E-state index is 13.1. The van der Waals surface area contributed by atoms with Crippen LogP contribution in [-0.2, 0) is 0 Å². The Hall–Kier alpha value is -0.610. The van der Waals surface area contributed by atoms with Crippen LogP contribution in [0.2, 0.25) is 0 Å². The molecule has 0 aliphatic heterocycles. The van der Waals surface area contributed by atoms with E-state index in [0.717, 1.165) is 12.8 Å². The Balaban J connectivity index is 3.07. The van der Waals surface area contributed by atoms with E-state index in [-0.39, 0.29) is 11.8 Å². The van der Waals surface area contributed by atoms with Crippen molar-refractivity contribution in [3.05, 3.63) is 28.0 Å². The number of rotatable bonds is 3. The third-order valence-electron chi connectivity index (χ3n) is 2.06. The normalized spacial score (nSPS) is 12.9. The fraction of sp³-hybridized carbons (Fsp3) is 0.400. The Labute approximate surface area is 91.1 Å². The van der Waals surface area contributed by atoms with Gasteiger partial charge in [-0.25, -0.2) is 4.39 Å². The standard InChI is InChI=1S/C10H13BrFNO/c1-2-3-9(13)7-4-6(11)5-8(12)10(7)14/h4-5,9,14H,2-3,13H2,1H3. The van der Waals surface area contributed by atoms with Crippen molar-refractivity contribution in [2.45, 2.75) is 25.8 Å². The molecule has 1 unspecified atom stereocenters. The highest BCUT2D eigenvalue weighted by Gasteiger charge is 2.14. The predicted molar refractivity (Wildman–Crippen MR) is 57.6 cm³/mol. The Kier molecular flexibility index (Phi) is 3.89. The fourth-order valence-electron chi connectivity index (χ4n) is 1.34. The third kappa shape index (κ3) is 2.45. The van der Waals surface area contributed by atoms with Gasteiger partial charge in [0.1, 0.15) is 0 Å². The molecule has 0 spiro atoms. The molecular weight excluding hydrogens is 249 g/mol. The molecule has 0 aliphatic rings. The van der Waals surface area contributed by atoms with Gasteiger partial charge in [-0.2, -0.15) is 0 Å². The van der Waals surface area contributed by atoms with Gasteiger partial charge >= 0.3 is 0 Å². The van der Waals surface area contributed by atoms with E-state index in [4.69, 9.17) is 5.73 Å². The summed E-state index contributed by atoms with van der Waals surface area (Å²) in [5.41, 5.74) is 6.25. The summed E-state index contributed by atoms with van der Waals surface area (Å²) < 4.78 is 13.7. The van der Waals surface area contributed by atoms with Crippen molar-refractivity contribution in [2.24, 2.45) is 5.73 Å². The number of phenolic OH excluding ortho intramolecular Hbond substituents is 1.